The van der Waals surface area contributed by atoms with Gasteiger partial charge in [0.15, 0.2) is 0 Å². The predicted molar refractivity (Wildman–Crippen MR) is 48.6 cm³/mol. The molecule has 0 N–H and O–H groups in total. The maximum absolute atomic E-state index is 5.82. The van der Waals surface area contributed by atoms with E-state index in [1.807, 2.05) is 4.57 Å². The van der Waals surface area contributed by atoms with Gasteiger partial charge in [-0.15, -0.1) is 10.2 Å². The first-order valence-electron chi connectivity index (χ1n) is 4.34. The largest absolute Gasteiger partial charge is 0.376 e. The summed E-state index contributed by atoms with van der Waals surface area (Å²) in [5, 5.41) is 7.87. The van der Waals surface area contributed by atoms with Crippen molar-refractivity contribution in [2.24, 2.45) is 0 Å². The fourth-order valence-corrected chi connectivity index (χ4v) is 1.80. The molecule has 0 aliphatic heterocycles. The summed E-state index contributed by atoms with van der Waals surface area (Å²) in [6.45, 7) is 0.759. The highest BCUT2D eigenvalue weighted by atomic mass is 35.5. The second-order valence-electron chi connectivity index (χ2n) is 3.47. The van der Waals surface area contributed by atoms with Gasteiger partial charge in [-0.3, -0.25) is 0 Å². The van der Waals surface area contributed by atoms with E-state index in [0.717, 1.165) is 19.4 Å². The predicted octanol–water partition coefficient (Wildman–Crippen LogP) is 1.50. The van der Waals surface area contributed by atoms with Crippen molar-refractivity contribution in [1.29, 1.82) is 0 Å². The quantitative estimate of drug-likeness (QED) is 0.744. The van der Waals surface area contributed by atoms with Crippen LogP contribution in [0, 0.1) is 0 Å². The Balaban J connectivity index is 2.08. The van der Waals surface area contributed by atoms with Crippen molar-refractivity contribution in [3.05, 3.63) is 11.6 Å². The highest BCUT2D eigenvalue weighted by Gasteiger charge is 2.37. The van der Waals surface area contributed by atoms with Gasteiger partial charge >= 0.3 is 0 Å². The Morgan fingerprint density at radius 3 is 2.85 bits per heavy atom. The molecule has 1 aromatic rings. The van der Waals surface area contributed by atoms with Crippen LogP contribution in [0.15, 0.2) is 6.33 Å². The molecule has 1 saturated carbocycles. The highest BCUT2D eigenvalue weighted by molar-refractivity contribution is 6.28. The van der Waals surface area contributed by atoms with Crippen LogP contribution in [0.25, 0.3) is 0 Å². The summed E-state index contributed by atoms with van der Waals surface area (Å²) in [4.78, 5) is 0. The first-order chi connectivity index (χ1) is 6.26. The topological polar surface area (TPSA) is 39.9 Å². The average Bonchev–Trinajstić information content (AvgIpc) is 2.44. The van der Waals surface area contributed by atoms with E-state index in [-0.39, 0.29) is 5.60 Å². The van der Waals surface area contributed by atoms with E-state index in [0.29, 0.717) is 5.28 Å². The third-order valence-electron chi connectivity index (χ3n) is 2.72. The monoisotopic (exact) mass is 201 g/mol. The van der Waals surface area contributed by atoms with Crippen molar-refractivity contribution < 1.29 is 4.74 Å². The van der Waals surface area contributed by atoms with Crippen molar-refractivity contribution in [3.63, 3.8) is 0 Å². The van der Waals surface area contributed by atoms with Gasteiger partial charge in [0, 0.05) is 7.11 Å². The number of nitrogens with zero attached hydrogens (tertiary/aromatic N) is 3. The van der Waals surface area contributed by atoms with Crippen LogP contribution in [-0.4, -0.2) is 27.5 Å². The molecule has 1 heterocycles. The molecule has 72 valence electrons. The van der Waals surface area contributed by atoms with Crippen LogP contribution in [0.3, 0.4) is 0 Å². The van der Waals surface area contributed by atoms with Crippen LogP contribution in [0.1, 0.15) is 19.3 Å². The molecule has 0 unspecified atom stereocenters. The molecular weight excluding hydrogens is 190 g/mol. The second-order valence-corrected chi connectivity index (χ2v) is 3.81. The van der Waals surface area contributed by atoms with Crippen molar-refractivity contribution in [2.45, 2.75) is 31.4 Å². The van der Waals surface area contributed by atoms with Crippen LogP contribution >= 0.6 is 11.6 Å². The number of halogens is 1. The average molecular weight is 202 g/mol. The van der Waals surface area contributed by atoms with Gasteiger partial charge in [-0.25, -0.2) is 0 Å². The van der Waals surface area contributed by atoms with Gasteiger partial charge in [-0.1, -0.05) is 0 Å². The molecule has 13 heavy (non-hydrogen) atoms. The van der Waals surface area contributed by atoms with Gasteiger partial charge in [-0.05, 0) is 30.9 Å². The third kappa shape index (κ3) is 1.56. The summed E-state index contributed by atoms with van der Waals surface area (Å²) >= 11 is 5.82. The maximum Gasteiger partial charge on any atom is 0.224 e. The van der Waals surface area contributed by atoms with Crippen molar-refractivity contribution >= 4 is 11.6 Å². The van der Waals surface area contributed by atoms with E-state index < -0.39 is 0 Å². The minimum atomic E-state index is -0.0218. The molecule has 0 atom stereocenters. The number of aromatic nitrogens is 3. The SMILES string of the molecule is COC1(Cn2cnnc2Cl)CCC1. The van der Waals surface area contributed by atoms with E-state index in [4.69, 9.17) is 16.3 Å². The zero-order valence-corrected chi connectivity index (χ0v) is 8.29. The Hall–Kier alpha value is -0.610. The molecule has 0 spiro atoms. The van der Waals surface area contributed by atoms with Gasteiger partial charge in [0.05, 0.1) is 12.1 Å². The minimum absolute atomic E-state index is 0.0218. The van der Waals surface area contributed by atoms with E-state index in [1.54, 1.807) is 13.4 Å². The molecule has 4 nitrogen and oxygen atoms in total. The number of rotatable bonds is 3. The van der Waals surface area contributed by atoms with Gasteiger partial charge in [-0.2, -0.15) is 0 Å². The number of ether oxygens (including phenoxy) is 1. The fourth-order valence-electron chi connectivity index (χ4n) is 1.66. The molecule has 0 aromatic carbocycles. The molecule has 1 aromatic heterocycles. The highest BCUT2D eigenvalue weighted by Crippen LogP contribution is 2.36. The van der Waals surface area contributed by atoms with E-state index in [9.17, 15) is 0 Å². The first-order valence-corrected chi connectivity index (χ1v) is 4.72. The van der Waals surface area contributed by atoms with Crippen LogP contribution in [0.4, 0.5) is 0 Å². The van der Waals surface area contributed by atoms with E-state index >= 15 is 0 Å². The van der Waals surface area contributed by atoms with Crippen LogP contribution < -0.4 is 0 Å². The molecule has 0 amide bonds. The molecule has 1 aliphatic rings. The van der Waals surface area contributed by atoms with Crippen LogP contribution in [0.5, 0.6) is 0 Å². The zero-order chi connectivity index (χ0) is 9.31. The lowest BCUT2D eigenvalue weighted by atomic mass is 9.80. The molecule has 0 saturated heterocycles. The maximum atomic E-state index is 5.82. The summed E-state index contributed by atoms with van der Waals surface area (Å²) in [6.07, 6.45) is 5.06. The van der Waals surface area contributed by atoms with Crippen LogP contribution in [0.2, 0.25) is 5.28 Å². The second kappa shape index (κ2) is 3.27. The fraction of sp³-hybridized carbons (Fsp3) is 0.750. The third-order valence-corrected chi connectivity index (χ3v) is 3.02. The molecular formula is C8H12ClN3O. The molecule has 0 radical (unpaired) electrons. The normalized spacial score (nSPS) is 19.8. The van der Waals surface area contributed by atoms with Gasteiger partial charge in [0.1, 0.15) is 6.33 Å². The lowest BCUT2D eigenvalue weighted by Gasteiger charge is -2.40. The van der Waals surface area contributed by atoms with E-state index in [1.165, 1.54) is 6.42 Å². The molecule has 2 rings (SSSR count). The standard InChI is InChI=1S/C8H12ClN3O/c1-13-8(3-2-4-8)5-12-6-10-11-7(12)9/h6H,2-5H2,1H3. The Morgan fingerprint density at radius 1 is 1.69 bits per heavy atom. The molecule has 1 fully saturated rings. The van der Waals surface area contributed by atoms with Gasteiger partial charge < -0.3 is 9.30 Å². The number of hydrogen-bond donors (Lipinski definition) is 0. The Morgan fingerprint density at radius 2 is 2.46 bits per heavy atom. The molecule has 1 aliphatic carbocycles. The van der Waals surface area contributed by atoms with Gasteiger partial charge in [0.25, 0.3) is 0 Å². The zero-order valence-electron chi connectivity index (χ0n) is 7.53. The first kappa shape index (κ1) is 8.97. The summed E-state index contributed by atoms with van der Waals surface area (Å²) in [6, 6.07) is 0. The van der Waals surface area contributed by atoms with Crippen molar-refractivity contribution in [2.75, 3.05) is 7.11 Å². The lowest BCUT2D eigenvalue weighted by molar-refractivity contribution is -0.0835. The smallest absolute Gasteiger partial charge is 0.224 e. The lowest BCUT2D eigenvalue weighted by Crippen LogP contribution is -2.43. The molecule has 0 bridgehead atoms. The summed E-state index contributed by atoms with van der Waals surface area (Å²) in [5.41, 5.74) is -0.0218. The van der Waals surface area contributed by atoms with E-state index in [2.05, 4.69) is 10.2 Å². The summed E-state index contributed by atoms with van der Waals surface area (Å²) in [5.74, 6) is 0. The number of methoxy groups -OCH3 is 1. The number of hydrogen-bond acceptors (Lipinski definition) is 3. The van der Waals surface area contributed by atoms with Crippen molar-refractivity contribution in [3.8, 4) is 0 Å². The van der Waals surface area contributed by atoms with Crippen LogP contribution in [-0.2, 0) is 11.3 Å². The summed E-state index contributed by atoms with van der Waals surface area (Å²) in [7, 11) is 1.75. The Bertz CT molecular complexity index is 290. The van der Waals surface area contributed by atoms with Crippen molar-refractivity contribution in [1.82, 2.24) is 14.8 Å². The Kier molecular flexibility index (Phi) is 2.26. The Labute approximate surface area is 81.9 Å². The van der Waals surface area contributed by atoms with Gasteiger partial charge in [0.2, 0.25) is 5.28 Å². The molecule has 5 heteroatoms. The summed E-state index contributed by atoms with van der Waals surface area (Å²) < 4.78 is 7.29. The minimum Gasteiger partial charge on any atom is -0.376 e.